The summed E-state index contributed by atoms with van der Waals surface area (Å²) >= 11 is 0. The van der Waals surface area contributed by atoms with Gasteiger partial charge in [0.05, 0.1) is 35.7 Å². The van der Waals surface area contributed by atoms with Crippen LogP contribution in [0.4, 0.5) is 4.39 Å². The molecular formula is C28H40FNO7. The minimum Gasteiger partial charge on any atom is -0.618 e. The van der Waals surface area contributed by atoms with Crippen molar-refractivity contribution in [1.82, 2.24) is 0 Å². The summed E-state index contributed by atoms with van der Waals surface area (Å²) < 4.78 is 27.2. The van der Waals surface area contributed by atoms with E-state index in [0.29, 0.717) is 24.0 Å². The SMILES string of the molecule is CC[C@H]1C(=O)C(C)(C)[C@@H](O)CC(=O)OC(C(F)=Cc2cccc[n+]2[O-])CC2OC2(C)CCC[C@H](C)[C@@H]1O. The number of hydrogen-bond acceptors (Lipinski definition) is 7. The van der Waals surface area contributed by atoms with Crippen LogP contribution in [0.25, 0.3) is 6.08 Å². The molecule has 0 saturated carbocycles. The third-order valence-electron chi connectivity index (χ3n) is 8.12. The smallest absolute Gasteiger partial charge is 0.309 e. The van der Waals surface area contributed by atoms with Gasteiger partial charge in [-0.2, -0.15) is 4.73 Å². The van der Waals surface area contributed by atoms with Gasteiger partial charge in [-0.25, -0.2) is 4.39 Å². The number of cyclic esters (lactones) is 1. The number of pyridine rings is 1. The number of aliphatic hydroxyl groups excluding tert-OH is 2. The van der Waals surface area contributed by atoms with E-state index < -0.39 is 53.5 Å². The summed E-state index contributed by atoms with van der Waals surface area (Å²) in [5.41, 5.74) is -1.82. The van der Waals surface area contributed by atoms with Crippen LogP contribution >= 0.6 is 0 Å². The van der Waals surface area contributed by atoms with Crippen LogP contribution in [0, 0.1) is 22.5 Å². The molecule has 0 aromatic carbocycles. The molecule has 0 spiro atoms. The van der Waals surface area contributed by atoms with Crippen molar-refractivity contribution in [2.24, 2.45) is 17.3 Å². The molecule has 2 fully saturated rings. The van der Waals surface area contributed by atoms with Gasteiger partial charge in [0, 0.05) is 30.5 Å². The standard InChI is InChI=1S/C28H40FNO7/c1-6-19-25(33)17(2)10-9-12-28(5)23(37-28)15-21(20(29)14-18-11-7-8-13-30(18)35)36-24(32)16-22(31)27(3,4)26(19)34/h7-8,11,13-14,17,19,21-23,25,31,33H,6,9-10,12,15-16H2,1-5H3/t17-,19+,21?,22-,23?,25-,28?/m0/s1. The summed E-state index contributed by atoms with van der Waals surface area (Å²) in [6.45, 7) is 8.71. The van der Waals surface area contributed by atoms with Crippen molar-refractivity contribution in [1.29, 1.82) is 0 Å². The Morgan fingerprint density at radius 1 is 1.27 bits per heavy atom. The number of esters is 1. The van der Waals surface area contributed by atoms with Gasteiger partial charge < -0.3 is 24.9 Å². The summed E-state index contributed by atoms with van der Waals surface area (Å²) in [6, 6.07) is 4.56. The maximum atomic E-state index is 15.4. The summed E-state index contributed by atoms with van der Waals surface area (Å²) in [4.78, 5) is 26.2. The molecule has 2 saturated heterocycles. The molecule has 2 aliphatic rings. The molecule has 0 amide bonds. The third kappa shape index (κ3) is 6.75. The Morgan fingerprint density at radius 2 is 1.97 bits per heavy atom. The highest BCUT2D eigenvalue weighted by molar-refractivity contribution is 5.88. The lowest BCUT2D eigenvalue weighted by atomic mass is 9.71. The third-order valence-corrected chi connectivity index (χ3v) is 8.12. The van der Waals surface area contributed by atoms with Crippen LogP contribution in [0.15, 0.2) is 30.2 Å². The lowest BCUT2D eigenvalue weighted by Gasteiger charge is -2.35. The monoisotopic (exact) mass is 521 g/mol. The van der Waals surface area contributed by atoms with Crippen molar-refractivity contribution in [2.45, 2.75) is 103 Å². The molecule has 3 unspecified atom stereocenters. The predicted octanol–water partition coefficient (Wildman–Crippen LogP) is 3.64. The zero-order chi connectivity index (χ0) is 27.5. The van der Waals surface area contributed by atoms with E-state index in [1.807, 2.05) is 20.8 Å². The number of halogens is 1. The average Bonchev–Trinajstić information content (AvgIpc) is 3.48. The van der Waals surface area contributed by atoms with Gasteiger partial charge in [-0.15, -0.1) is 0 Å². The second-order valence-electron chi connectivity index (χ2n) is 11.3. The maximum Gasteiger partial charge on any atom is 0.309 e. The first-order chi connectivity index (χ1) is 17.3. The molecule has 9 heteroatoms. The topological polar surface area (TPSA) is 123 Å². The number of epoxide rings is 1. The van der Waals surface area contributed by atoms with Crippen molar-refractivity contribution in [3.05, 3.63) is 41.1 Å². The van der Waals surface area contributed by atoms with Crippen LogP contribution in [-0.4, -0.2) is 52.0 Å². The van der Waals surface area contributed by atoms with Gasteiger partial charge in [-0.05, 0) is 38.2 Å². The molecule has 206 valence electrons. The van der Waals surface area contributed by atoms with Gasteiger partial charge in [0.25, 0.3) is 0 Å². The molecule has 1 aromatic heterocycles. The molecule has 2 aliphatic heterocycles. The molecule has 0 radical (unpaired) electrons. The Bertz CT molecular complexity index is 1010. The van der Waals surface area contributed by atoms with Gasteiger partial charge in [0.15, 0.2) is 12.3 Å². The molecule has 3 rings (SSSR count). The van der Waals surface area contributed by atoms with E-state index in [1.54, 1.807) is 19.9 Å². The first-order valence-corrected chi connectivity index (χ1v) is 13.1. The van der Waals surface area contributed by atoms with Crippen LogP contribution < -0.4 is 4.73 Å². The molecule has 1 aromatic rings. The van der Waals surface area contributed by atoms with E-state index in [4.69, 9.17) is 9.47 Å². The van der Waals surface area contributed by atoms with Gasteiger partial charge in [-0.3, -0.25) is 9.59 Å². The van der Waals surface area contributed by atoms with Crippen molar-refractivity contribution < 1.29 is 38.4 Å². The van der Waals surface area contributed by atoms with Crippen LogP contribution in [-0.2, 0) is 19.1 Å². The minimum atomic E-state index is -1.40. The fourth-order valence-electron chi connectivity index (χ4n) is 5.19. The van der Waals surface area contributed by atoms with E-state index in [2.05, 4.69) is 0 Å². The number of aliphatic hydroxyl groups is 2. The van der Waals surface area contributed by atoms with Crippen LogP contribution in [0.5, 0.6) is 0 Å². The molecular weight excluding hydrogens is 481 g/mol. The molecule has 0 aliphatic carbocycles. The Labute approximate surface area is 218 Å². The molecule has 37 heavy (non-hydrogen) atoms. The van der Waals surface area contributed by atoms with Crippen molar-refractivity contribution in [3.63, 3.8) is 0 Å². The number of rotatable bonds is 3. The largest absolute Gasteiger partial charge is 0.618 e. The number of carbonyl (C=O) groups excluding carboxylic acids is 2. The number of carbonyl (C=O) groups is 2. The Hall–Kier alpha value is -2.36. The lowest BCUT2D eigenvalue weighted by Crippen LogP contribution is -2.46. The summed E-state index contributed by atoms with van der Waals surface area (Å²) in [5, 5.41) is 33.8. The molecule has 3 heterocycles. The van der Waals surface area contributed by atoms with Crippen LogP contribution in [0.2, 0.25) is 0 Å². The number of fused-ring (bicyclic) bond motifs is 1. The summed E-state index contributed by atoms with van der Waals surface area (Å²) in [7, 11) is 0. The Morgan fingerprint density at radius 3 is 2.62 bits per heavy atom. The van der Waals surface area contributed by atoms with Gasteiger partial charge in [0.1, 0.15) is 11.6 Å². The van der Waals surface area contributed by atoms with Crippen molar-refractivity contribution >= 4 is 17.8 Å². The number of hydrogen-bond donors (Lipinski definition) is 2. The molecule has 2 N–H and O–H groups in total. The molecule has 7 atom stereocenters. The van der Waals surface area contributed by atoms with E-state index in [1.165, 1.54) is 18.3 Å². The summed E-state index contributed by atoms with van der Waals surface area (Å²) in [6.07, 6.45) is 0.286. The fraction of sp³-hybridized carbons (Fsp3) is 0.679. The highest BCUT2D eigenvalue weighted by atomic mass is 19.1. The fourth-order valence-corrected chi connectivity index (χ4v) is 5.19. The second-order valence-corrected chi connectivity index (χ2v) is 11.3. The highest BCUT2D eigenvalue weighted by Gasteiger charge is 2.53. The molecule has 8 nitrogen and oxygen atoms in total. The normalized spacial score (nSPS) is 35.9. The lowest BCUT2D eigenvalue weighted by molar-refractivity contribution is -0.607. The van der Waals surface area contributed by atoms with E-state index >= 15 is 4.39 Å². The van der Waals surface area contributed by atoms with Crippen molar-refractivity contribution in [2.75, 3.05) is 0 Å². The first-order valence-electron chi connectivity index (χ1n) is 13.1. The second kappa shape index (κ2) is 11.6. The summed E-state index contributed by atoms with van der Waals surface area (Å²) in [5.74, 6) is -2.86. The Balaban J connectivity index is 1.89. The quantitative estimate of drug-likeness (QED) is 0.269. The highest BCUT2D eigenvalue weighted by Crippen LogP contribution is 2.45. The van der Waals surface area contributed by atoms with Gasteiger partial charge in [0.2, 0.25) is 5.69 Å². The van der Waals surface area contributed by atoms with Crippen LogP contribution in [0.3, 0.4) is 0 Å². The number of ketones is 1. The zero-order valence-corrected chi connectivity index (χ0v) is 22.4. The number of aromatic nitrogens is 1. The van der Waals surface area contributed by atoms with Crippen molar-refractivity contribution in [3.8, 4) is 0 Å². The first kappa shape index (κ1) is 29.2. The average molecular weight is 522 g/mol. The maximum absolute atomic E-state index is 15.4. The number of Topliss-reactive ketones (excluding diaryl/α,β-unsaturated/α-hetero) is 1. The minimum absolute atomic E-state index is 0.0464. The van der Waals surface area contributed by atoms with Gasteiger partial charge >= 0.3 is 5.97 Å². The number of ether oxygens (including phenoxy) is 2. The molecule has 0 bridgehead atoms. The number of nitrogens with zero attached hydrogens (tertiary/aromatic N) is 1. The van der Waals surface area contributed by atoms with Crippen LogP contribution in [0.1, 0.15) is 78.8 Å². The van der Waals surface area contributed by atoms with Gasteiger partial charge in [-0.1, -0.05) is 34.1 Å². The van der Waals surface area contributed by atoms with E-state index in [9.17, 15) is 25.0 Å². The predicted molar refractivity (Wildman–Crippen MR) is 134 cm³/mol. The zero-order valence-electron chi connectivity index (χ0n) is 22.4. The van der Waals surface area contributed by atoms with E-state index in [-0.39, 0.29) is 29.9 Å². The Kier molecular flexibility index (Phi) is 9.14. The van der Waals surface area contributed by atoms with E-state index in [0.717, 1.165) is 12.5 Å².